The quantitative estimate of drug-likeness (QED) is 0.472. The molecule has 0 unspecified atom stereocenters. The Labute approximate surface area is 128 Å². The highest BCUT2D eigenvalue weighted by molar-refractivity contribution is 5.90. The predicted molar refractivity (Wildman–Crippen MR) is 89.5 cm³/mol. The van der Waals surface area contributed by atoms with Crippen LogP contribution in [0.4, 0.5) is 0 Å². The number of aromatic amines is 2. The third-order valence-corrected chi connectivity index (χ3v) is 5.73. The highest BCUT2D eigenvalue weighted by atomic mass is 14.8. The number of aromatic nitrogens is 2. The Morgan fingerprint density at radius 1 is 0.636 bits per heavy atom. The van der Waals surface area contributed by atoms with Crippen molar-refractivity contribution < 1.29 is 0 Å². The highest BCUT2D eigenvalue weighted by Gasteiger charge is 2.43. The first-order chi connectivity index (χ1) is 10.9. The maximum absolute atomic E-state index is 3.67. The van der Waals surface area contributed by atoms with Gasteiger partial charge in [0.05, 0.1) is 0 Å². The van der Waals surface area contributed by atoms with E-state index in [1.54, 1.807) is 11.1 Å². The van der Waals surface area contributed by atoms with Gasteiger partial charge in [0.2, 0.25) is 0 Å². The summed E-state index contributed by atoms with van der Waals surface area (Å²) >= 11 is 0. The van der Waals surface area contributed by atoms with Crippen molar-refractivity contribution in [3.63, 3.8) is 0 Å². The number of H-pyrrole nitrogens is 2. The van der Waals surface area contributed by atoms with Gasteiger partial charge in [0, 0.05) is 33.2 Å². The first-order valence-corrected chi connectivity index (χ1v) is 8.09. The molecule has 2 heterocycles. The molecule has 6 rings (SSSR count). The number of fused-ring (bicyclic) bond motifs is 9. The van der Waals surface area contributed by atoms with Crippen LogP contribution in [0.1, 0.15) is 34.4 Å². The average Bonchev–Trinajstić information content (AvgIpc) is 3.22. The Kier molecular flexibility index (Phi) is 1.84. The smallest absolute Gasteiger partial charge is 0.0459 e. The third-order valence-electron chi connectivity index (χ3n) is 5.73. The summed E-state index contributed by atoms with van der Waals surface area (Å²) in [6.45, 7) is 0. The van der Waals surface area contributed by atoms with Gasteiger partial charge in [-0.3, -0.25) is 0 Å². The fraction of sp³-hybridized carbons (Fsp3) is 0.200. The molecule has 2 aliphatic carbocycles. The number of para-hydroxylation sites is 2. The summed E-state index contributed by atoms with van der Waals surface area (Å²) in [5.74, 6) is 1.30. The van der Waals surface area contributed by atoms with Gasteiger partial charge < -0.3 is 9.97 Å². The minimum Gasteiger partial charge on any atom is -0.358 e. The van der Waals surface area contributed by atoms with Crippen LogP contribution in [0.3, 0.4) is 0 Å². The maximum atomic E-state index is 3.67. The SMILES string of the molecule is c1ccc2c3c([nH]c2c1)C[C@H]1c2c([nH]c4ccccc24)C[C@@H]31. The van der Waals surface area contributed by atoms with E-state index >= 15 is 0 Å². The molecule has 0 bridgehead atoms. The van der Waals surface area contributed by atoms with E-state index in [0.29, 0.717) is 11.8 Å². The van der Waals surface area contributed by atoms with Crippen molar-refractivity contribution in [1.29, 1.82) is 0 Å². The standard InChI is InChI=1S/C20H16N2/c1-3-7-15-11(5-1)19-13-9-18-20(14(13)10-17(19)21-15)12-6-2-4-8-16(12)22-18/h1-8,13-14,21-22H,9-10H2/t13-,14-/m1/s1. The molecule has 2 atom stereocenters. The lowest BCUT2D eigenvalue weighted by molar-refractivity contribution is 0.633. The van der Waals surface area contributed by atoms with E-state index in [0.717, 1.165) is 12.8 Å². The van der Waals surface area contributed by atoms with Gasteiger partial charge >= 0.3 is 0 Å². The van der Waals surface area contributed by atoms with Crippen molar-refractivity contribution in [2.45, 2.75) is 24.7 Å². The molecule has 2 aliphatic rings. The second-order valence-corrected chi connectivity index (χ2v) is 6.75. The molecule has 0 spiro atoms. The lowest BCUT2D eigenvalue weighted by Crippen LogP contribution is -2.00. The van der Waals surface area contributed by atoms with Gasteiger partial charge in [0.25, 0.3) is 0 Å². The van der Waals surface area contributed by atoms with Crippen LogP contribution in [0, 0.1) is 0 Å². The molecular formula is C20H16N2. The third kappa shape index (κ3) is 1.19. The Balaban J connectivity index is 1.59. The molecule has 0 amide bonds. The predicted octanol–water partition coefficient (Wildman–Crippen LogP) is 4.63. The Hall–Kier alpha value is -2.48. The molecule has 106 valence electrons. The van der Waals surface area contributed by atoms with Gasteiger partial charge in [-0.2, -0.15) is 0 Å². The number of benzene rings is 2. The summed E-state index contributed by atoms with van der Waals surface area (Å²) in [6.07, 6.45) is 2.31. The van der Waals surface area contributed by atoms with Crippen molar-refractivity contribution in [2.75, 3.05) is 0 Å². The zero-order chi connectivity index (χ0) is 14.3. The fourth-order valence-corrected chi connectivity index (χ4v) is 4.94. The Bertz CT molecular complexity index is 964. The van der Waals surface area contributed by atoms with E-state index < -0.39 is 0 Å². The fourth-order valence-electron chi connectivity index (χ4n) is 4.94. The van der Waals surface area contributed by atoms with Gasteiger partial charge in [0.15, 0.2) is 0 Å². The number of hydrogen-bond donors (Lipinski definition) is 2. The van der Waals surface area contributed by atoms with E-state index in [-0.39, 0.29) is 0 Å². The van der Waals surface area contributed by atoms with E-state index in [2.05, 4.69) is 58.5 Å². The van der Waals surface area contributed by atoms with Crippen molar-refractivity contribution in [3.05, 3.63) is 71.0 Å². The second-order valence-electron chi connectivity index (χ2n) is 6.75. The second kappa shape index (κ2) is 3.64. The molecule has 2 aromatic heterocycles. The molecule has 0 aliphatic heterocycles. The van der Waals surface area contributed by atoms with Crippen LogP contribution in [0.25, 0.3) is 21.8 Å². The van der Waals surface area contributed by atoms with Gasteiger partial charge in [-0.25, -0.2) is 0 Å². The first kappa shape index (κ1) is 11.1. The molecule has 0 radical (unpaired) electrons. The zero-order valence-electron chi connectivity index (χ0n) is 12.2. The summed E-state index contributed by atoms with van der Waals surface area (Å²) in [5.41, 5.74) is 8.68. The number of hydrogen-bond acceptors (Lipinski definition) is 0. The molecule has 0 saturated heterocycles. The van der Waals surface area contributed by atoms with Crippen molar-refractivity contribution in [1.82, 2.24) is 9.97 Å². The van der Waals surface area contributed by atoms with Gasteiger partial charge in [0.1, 0.15) is 0 Å². The van der Waals surface area contributed by atoms with Crippen LogP contribution >= 0.6 is 0 Å². The van der Waals surface area contributed by atoms with Crippen LogP contribution in [0.15, 0.2) is 48.5 Å². The van der Waals surface area contributed by atoms with Crippen molar-refractivity contribution >= 4 is 21.8 Å². The summed E-state index contributed by atoms with van der Waals surface area (Å²) in [6, 6.07) is 17.5. The minimum absolute atomic E-state index is 0.650. The number of rotatable bonds is 0. The van der Waals surface area contributed by atoms with Crippen molar-refractivity contribution in [2.24, 2.45) is 0 Å². The monoisotopic (exact) mass is 284 g/mol. The van der Waals surface area contributed by atoms with Crippen LogP contribution in [-0.4, -0.2) is 9.97 Å². The Morgan fingerprint density at radius 2 is 1.09 bits per heavy atom. The highest BCUT2D eigenvalue weighted by Crippen LogP contribution is 2.55. The topological polar surface area (TPSA) is 31.6 Å². The summed E-state index contributed by atoms with van der Waals surface area (Å²) in [5, 5.41) is 2.86. The van der Waals surface area contributed by atoms with Crippen molar-refractivity contribution in [3.8, 4) is 0 Å². The van der Waals surface area contributed by atoms with Crippen LogP contribution in [-0.2, 0) is 12.8 Å². The zero-order valence-corrected chi connectivity index (χ0v) is 12.2. The average molecular weight is 284 g/mol. The summed E-state index contributed by atoms with van der Waals surface area (Å²) < 4.78 is 0. The Morgan fingerprint density at radius 3 is 1.59 bits per heavy atom. The lowest BCUT2D eigenvalue weighted by Gasteiger charge is -2.12. The van der Waals surface area contributed by atoms with Crippen LogP contribution in [0.5, 0.6) is 0 Å². The van der Waals surface area contributed by atoms with E-state index in [9.17, 15) is 0 Å². The minimum atomic E-state index is 0.650. The largest absolute Gasteiger partial charge is 0.358 e. The van der Waals surface area contributed by atoms with E-state index in [4.69, 9.17) is 0 Å². The normalized spacial score (nSPS) is 22.2. The van der Waals surface area contributed by atoms with E-state index in [1.165, 1.54) is 33.2 Å². The van der Waals surface area contributed by atoms with Gasteiger partial charge in [-0.1, -0.05) is 36.4 Å². The molecule has 2 nitrogen and oxygen atoms in total. The van der Waals surface area contributed by atoms with E-state index in [1.807, 2.05) is 0 Å². The maximum Gasteiger partial charge on any atom is 0.0459 e. The lowest BCUT2D eigenvalue weighted by atomic mass is 9.90. The molecule has 2 N–H and O–H groups in total. The molecule has 0 fully saturated rings. The molecule has 2 heteroatoms. The van der Waals surface area contributed by atoms with Gasteiger partial charge in [-0.05, 0) is 47.9 Å². The number of nitrogens with one attached hydrogen (secondary N) is 2. The summed E-state index contributed by atoms with van der Waals surface area (Å²) in [4.78, 5) is 7.33. The summed E-state index contributed by atoms with van der Waals surface area (Å²) in [7, 11) is 0. The molecule has 4 aromatic rings. The molecular weight excluding hydrogens is 268 g/mol. The van der Waals surface area contributed by atoms with Crippen LogP contribution in [0.2, 0.25) is 0 Å². The molecule has 2 aromatic carbocycles. The van der Waals surface area contributed by atoms with Gasteiger partial charge in [-0.15, -0.1) is 0 Å². The molecule has 22 heavy (non-hydrogen) atoms. The molecule has 0 saturated carbocycles. The van der Waals surface area contributed by atoms with Crippen LogP contribution < -0.4 is 0 Å². The first-order valence-electron chi connectivity index (χ1n) is 8.09.